The van der Waals surface area contributed by atoms with Gasteiger partial charge in [0.25, 0.3) is 0 Å². The molecule has 0 aliphatic rings. The van der Waals surface area contributed by atoms with E-state index < -0.39 is 5.97 Å². The summed E-state index contributed by atoms with van der Waals surface area (Å²) in [5.74, 6) is -0.178. The molecule has 2 aromatic rings. The van der Waals surface area contributed by atoms with Gasteiger partial charge in [-0.1, -0.05) is 23.4 Å². The maximum absolute atomic E-state index is 10.5. The first-order valence-electron chi connectivity index (χ1n) is 5.78. The number of anilines is 1. The first kappa shape index (κ1) is 14.7. The zero-order valence-electron chi connectivity index (χ0n) is 10.7. The van der Waals surface area contributed by atoms with Crippen molar-refractivity contribution in [3.8, 4) is 0 Å². The normalized spacial score (nSPS) is 10.5. The molecule has 8 heteroatoms. The van der Waals surface area contributed by atoms with Crippen LogP contribution in [0.2, 0.25) is 5.02 Å². The third-order valence-corrected chi connectivity index (χ3v) is 3.80. The van der Waals surface area contributed by atoms with Crippen LogP contribution in [0.3, 0.4) is 0 Å². The molecule has 20 heavy (non-hydrogen) atoms. The average Bonchev–Trinajstić information content (AvgIpc) is 2.77. The fourth-order valence-electron chi connectivity index (χ4n) is 1.50. The number of benzene rings is 1. The lowest BCUT2D eigenvalue weighted by atomic mass is 10.3. The van der Waals surface area contributed by atoms with Crippen molar-refractivity contribution < 1.29 is 9.90 Å². The second kappa shape index (κ2) is 6.62. The molecule has 0 atom stereocenters. The summed E-state index contributed by atoms with van der Waals surface area (Å²) >= 11 is 6.96. The molecule has 0 saturated heterocycles. The van der Waals surface area contributed by atoms with E-state index >= 15 is 0 Å². The van der Waals surface area contributed by atoms with Gasteiger partial charge in [-0.2, -0.15) is 0 Å². The van der Waals surface area contributed by atoms with Crippen molar-refractivity contribution in [2.24, 2.45) is 7.05 Å². The molecule has 106 valence electrons. The molecular weight excluding hydrogens is 300 g/mol. The van der Waals surface area contributed by atoms with Crippen molar-refractivity contribution in [2.75, 3.05) is 11.1 Å². The Morgan fingerprint density at radius 2 is 2.10 bits per heavy atom. The van der Waals surface area contributed by atoms with Crippen molar-refractivity contribution in [2.45, 2.75) is 11.7 Å². The molecule has 0 aliphatic carbocycles. The third kappa shape index (κ3) is 3.88. The molecule has 0 saturated carbocycles. The van der Waals surface area contributed by atoms with E-state index in [4.69, 9.17) is 16.7 Å². The maximum Gasteiger partial charge on any atom is 0.313 e. The molecule has 0 amide bonds. The summed E-state index contributed by atoms with van der Waals surface area (Å²) in [4.78, 5) is 10.5. The Labute approximate surface area is 125 Å². The summed E-state index contributed by atoms with van der Waals surface area (Å²) in [6.07, 6.45) is 0. The lowest BCUT2D eigenvalue weighted by Crippen LogP contribution is -2.07. The van der Waals surface area contributed by atoms with E-state index in [1.807, 2.05) is 19.2 Å². The first-order valence-corrected chi connectivity index (χ1v) is 7.15. The van der Waals surface area contributed by atoms with Crippen LogP contribution in [0.5, 0.6) is 0 Å². The highest BCUT2D eigenvalue weighted by atomic mass is 35.5. The number of thioether (sulfide) groups is 1. The average molecular weight is 313 g/mol. The second-order valence-corrected chi connectivity index (χ2v) is 5.38. The lowest BCUT2D eigenvalue weighted by Gasteiger charge is -2.06. The van der Waals surface area contributed by atoms with Gasteiger partial charge in [0.05, 0.1) is 12.3 Å². The van der Waals surface area contributed by atoms with E-state index in [1.54, 1.807) is 16.7 Å². The predicted molar refractivity (Wildman–Crippen MR) is 78.1 cm³/mol. The summed E-state index contributed by atoms with van der Waals surface area (Å²) < 4.78 is 1.77. The monoisotopic (exact) mass is 312 g/mol. The van der Waals surface area contributed by atoms with Gasteiger partial charge in [-0.3, -0.25) is 4.79 Å². The van der Waals surface area contributed by atoms with E-state index in [2.05, 4.69) is 15.5 Å². The van der Waals surface area contributed by atoms with Crippen molar-refractivity contribution in [3.05, 3.63) is 35.1 Å². The largest absolute Gasteiger partial charge is 0.481 e. The molecule has 2 rings (SSSR count). The first-order chi connectivity index (χ1) is 9.56. The van der Waals surface area contributed by atoms with Crippen LogP contribution in [0.4, 0.5) is 5.69 Å². The third-order valence-electron chi connectivity index (χ3n) is 2.54. The highest BCUT2D eigenvalue weighted by Gasteiger charge is 2.10. The molecule has 0 fully saturated rings. The van der Waals surface area contributed by atoms with Crippen molar-refractivity contribution in [3.63, 3.8) is 0 Å². The number of carbonyl (C=O) groups is 1. The predicted octanol–water partition coefficient (Wildman–Crippen LogP) is 2.26. The van der Waals surface area contributed by atoms with Gasteiger partial charge in [-0.15, -0.1) is 10.2 Å². The number of aliphatic carboxylic acids is 1. The van der Waals surface area contributed by atoms with E-state index in [1.165, 1.54) is 0 Å². The fourth-order valence-corrected chi connectivity index (χ4v) is 2.28. The van der Waals surface area contributed by atoms with Gasteiger partial charge in [0, 0.05) is 17.8 Å². The van der Waals surface area contributed by atoms with Crippen molar-refractivity contribution in [1.82, 2.24) is 14.8 Å². The Kier molecular flexibility index (Phi) is 4.86. The summed E-state index contributed by atoms with van der Waals surface area (Å²) in [6, 6.07) is 7.35. The fraction of sp³-hybridized carbons (Fsp3) is 0.250. The van der Waals surface area contributed by atoms with Gasteiger partial charge in [0.1, 0.15) is 0 Å². The van der Waals surface area contributed by atoms with Crippen LogP contribution in [0.15, 0.2) is 29.4 Å². The minimum Gasteiger partial charge on any atom is -0.481 e. The maximum atomic E-state index is 10.5. The summed E-state index contributed by atoms with van der Waals surface area (Å²) in [6.45, 7) is 0.499. The molecule has 1 heterocycles. The molecule has 1 aromatic carbocycles. The minimum atomic E-state index is -0.876. The molecule has 0 radical (unpaired) electrons. The topological polar surface area (TPSA) is 80.0 Å². The summed E-state index contributed by atoms with van der Waals surface area (Å²) in [5.41, 5.74) is 0.928. The Morgan fingerprint density at radius 1 is 1.40 bits per heavy atom. The second-order valence-electron chi connectivity index (χ2n) is 4.00. The molecule has 2 N–H and O–H groups in total. The van der Waals surface area contributed by atoms with Crippen LogP contribution in [0.25, 0.3) is 0 Å². The molecule has 1 aromatic heterocycles. The number of hydrogen-bond donors (Lipinski definition) is 2. The number of halogens is 1. The van der Waals surface area contributed by atoms with Crippen LogP contribution in [-0.2, 0) is 18.4 Å². The zero-order chi connectivity index (χ0) is 14.5. The van der Waals surface area contributed by atoms with Crippen molar-refractivity contribution in [1.29, 1.82) is 0 Å². The Morgan fingerprint density at radius 3 is 2.75 bits per heavy atom. The Bertz CT molecular complexity index is 600. The highest BCUT2D eigenvalue weighted by molar-refractivity contribution is 7.99. The van der Waals surface area contributed by atoms with Gasteiger partial charge < -0.3 is 15.0 Å². The van der Waals surface area contributed by atoms with E-state index in [0.29, 0.717) is 16.7 Å². The number of nitrogens with one attached hydrogen (secondary N) is 1. The zero-order valence-corrected chi connectivity index (χ0v) is 12.3. The molecule has 0 unspecified atom stereocenters. The number of aromatic nitrogens is 3. The SMILES string of the molecule is Cn1c(CNc2ccc(Cl)cc2)nnc1SCC(=O)O. The van der Waals surface area contributed by atoms with Crippen LogP contribution >= 0.6 is 23.4 Å². The van der Waals surface area contributed by atoms with Crippen LogP contribution in [0, 0.1) is 0 Å². The molecule has 0 spiro atoms. The number of carboxylic acid groups (broad SMARTS) is 1. The van der Waals surface area contributed by atoms with E-state index in [-0.39, 0.29) is 5.75 Å². The van der Waals surface area contributed by atoms with Gasteiger partial charge >= 0.3 is 5.97 Å². The summed E-state index contributed by atoms with van der Waals surface area (Å²) in [5, 5.41) is 21.1. The van der Waals surface area contributed by atoms with Crippen LogP contribution < -0.4 is 5.32 Å². The van der Waals surface area contributed by atoms with Crippen LogP contribution in [0.1, 0.15) is 5.82 Å². The number of carboxylic acids is 1. The number of nitrogens with zero attached hydrogens (tertiary/aromatic N) is 3. The van der Waals surface area contributed by atoms with Gasteiger partial charge in [0.2, 0.25) is 0 Å². The van der Waals surface area contributed by atoms with Crippen LogP contribution in [-0.4, -0.2) is 31.6 Å². The number of rotatable bonds is 6. The minimum absolute atomic E-state index is 0.0312. The van der Waals surface area contributed by atoms with E-state index in [0.717, 1.165) is 23.3 Å². The quantitative estimate of drug-likeness (QED) is 0.796. The lowest BCUT2D eigenvalue weighted by molar-refractivity contribution is -0.133. The molecule has 0 bridgehead atoms. The number of hydrogen-bond acceptors (Lipinski definition) is 5. The van der Waals surface area contributed by atoms with Crippen molar-refractivity contribution >= 4 is 35.0 Å². The smallest absolute Gasteiger partial charge is 0.313 e. The standard InChI is InChI=1S/C12H13ClN4O2S/c1-17-10(15-16-12(17)20-7-11(18)19)6-14-9-4-2-8(13)3-5-9/h2-5,14H,6-7H2,1H3,(H,18,19). The molecular formula is C12H13ClN4O2S. The highest BCUT2D eigenvalue weighted by Crippen LogP contribution is 2.17. The summed E-state index contributed by atoms with van der Waals surface area (Å²) in [7, 11) is 1.81. The van der Waals surface area contributed by atoms with Gasteiger partial charge in [-0.25, -0.2) is 0 Å². The molecule has 6 nitrogen and oxygen atoms in total. The Balaban J connectivity index is 1.96. The van der Waals surface area contributed by atoms with Gasteiger partial charge in [0.15, 0.2) is 11.0 Å². The van der Waals surface area contributed by atoms with Gasteiger partial charge in [-0.05, 0) is 24.3 Å². The van der Waals surface area contributed by atoms with E-state index in [9.17, 15) is 4.79 Å². The molecule has 0 aliphatic heterocycles. The Hall–Kier alpha value is -1.73.